The molecule has 100 valence electrons. The van der Waals surface area contributed by atoms with Crippen LogP contribution < -0.4 is 5.43 Å². The molecule has 1 heterocycles. The summed E-state index contributed by atoms with van der Waals surface area (Å²) in [6.07, 6.45) is 5.24. The molecule has 0 aliphatic heterocycles. The number of amides is 1. The van der Waals surface area contributed by atoms with Crippen molar-refractivity contribution < 1.29 is 4.79 Å². The summed E-state index contributed by atoms with van der Waals surface area (Å²) in [6.45, 7) is 1.01. The Bertz CT molecular complexity index is 586. The fourth-order valence-corrected chi connectivity index (χ4v) is 1.97. The van der Waals surface area contributed by atoms with Gasteiger partial charge in [0.1, 0.15) is 0 Å². The lowest BCUT2D eigenvalue weighted by Gasteiger charge is -2.08. The number of fused-ring (bicyclic) bond motifs is 1. The van der Waals surface area contributed by atoms with E-state index in [1.54, 1.807) is 6.21 Å². The second-order valence-electron chi connectivity index (χ2n) is 4.68. The number of hydrogen-bond acceptors (Lipinski definition) is 3. The highest BCUT2D eigenvalue weighted by Gasteiger charge is 2.04. The number of hydrazone groups is 1. The maximum absolute atomic E-state index is 10.1. The molecule has 0 saturated heterocycles. The summed E-state index contributed by atoms with van der Waals surface area (Å²) in [6, 6.07) is 6.06. The van der Waals surface area contributed by atoms with E-state index in [2.05, 4.69) is 46.8 Å². The van der Waals surface area contributed by atoms with Crippen LogP contribution in [0.5, 0.6) is 0 Å². The molecule has 0 bridgehead atoms. The molecule has 0 fully saturated rings. The summed E-state index contributed by atoms with van der Waals surface area (Å²) in [7, 11) is 4.13. The summed E-state index contributed by atoms with van der Waals surface area (Å²) in [5.41, 5.74) is 5.65. The van der Waals surface area contributed by atoms with E-state index in [1.165, 1.54) is 10.9 Å². The average Bonchev–Trinajstić information content (AvgIpc) is 2.79. The Hall–Kier alpha value is -2.14. The highest BCUT2D eigenvalue weighted by atomic mass is 16.1. The van der Waals surface area contributed by atoms with E-state index in [0.717, 1.165) is 24.0 Å². The summed E-state index contributed by atoms with van der Waals surface area (Å²) < 4.78 is 0. The third kappa shape index (κ3) is 3.42. The van der Waals surface area contributed by atoms with Gasteiger partial charge >= 0.3 is 0 Å². The first-order chi connectivity index (χ1) is 9.20. The molecule has 0 saturated carbocycles. The smallest absolute Gasteiger partial charge is 0.227 e. The fraction of sp³-hybridized carbons (Fsp3) is 0.286. The summed E-state index contributed by atoms with van der Waals surface area (Å²) in [5, 5.41) is 5.00. The van der Waals surface area contributed by atoms with Crippen molar-refractivity contribution in [2.75, 3.05) is 20.6 Å². The van der Waals surface area contributed by atoms with Crippen LogP contribution >= 0.6 is 0 Å². The molecule has 0 aliphatic carbocycles. The molecule has 0 unspecified atom stereocenters. The van der Waals surface area contributed by atoms with Gasteiger partial charge in [-0.25, -0.2) is 5.43 Å². The van der Waals surface area contributed by atoms with Crippen LogP contribution in [-0.2, 0) is 11.2 Å². The zero-order chi connectivity index (χ0) is 13.7. The Labute approximate surface area is 112 Å². The van der Waals surface area contributed by atoms with Gasteiger partial charge in [-0.05, 0) is 43.8 Å². The number of nitrogens with one attached hydrogen (secondary N) is 2. The first-order valence-corrected chi connectivity index (χ1v) is 6.17. The Balaban J connectivity index is 2.23. The van der Waals surface area contributed by atoms with Gasteiger partial charge in [-0.2, -0.15) is 5.10 Å². The van der Waals surface area contributed by atoms with Gasteiger partial charge in [0.2, 0.25) is 6.41 Å². The molecule has 1 amide bonds. The average molecular weight is 258 g/mol. The van der Waals surface area contributed by atoms with Crippen LogP contribution in [-0.4, -0.2) is 43.1 Å². The zero-order valence-corrected chi connectivity index (χ0v) is 11.2. The number of rotatable bonds is 6. The van der Waals surface area contributed by atoms with E-state index in [9.17, 15) is 4.79 Å². The summed E-state index contributed by atoms with van der Waals surface area (Å²) >= 11 is 0. The van der Waals surface area contributed by atoms with E-state index >= 15 is 0 Å². The molecule has 5 heteroatoms. The van der Waals surface area contributed by atoms with E-state index in [1.807, 2.05) is 12.1 Å². The highest BCUT2D eigenvalue weighted by Crippen LogP contribution is 2.19. The molecule has 2 N–H and O–H groups in total. The predicted molar refractivity (Wildman–Crippen MR) is 77.4 cm³/mol. The van der Waals surface area contributed by atoms with E-state index in [-0.39, 0.29) is 0 Å². The van der Waals surface area contributed by atoms with Crippen LogP contribution in [0.3, 0.4) is 0 Å². The zero-order valence-electron chi connectivity index (χ0n) is 11.2. The number of benzene rings is 1. The maximum Gasteiger partial charge on any atom is 0.227 e. The van der Waals surface area contributed by atoms with Crippen molar-refractivity contribution in [1.82, 2.24) is 15.3 Å². The quantitative estimate of drug-likeness (QED) is 0.467. The number of likely N-dealkylation sites (N-methyl/N-ethyl adjacent to an activating group) is 1. The molecule has 0 spiro atoms. The molecule has 1 aromatic carbocycles. The molecule has 0 radical (unpaired) electrons. The molecule has 0 atom stereocenters. The Morgan fingerprint density at radius 1 is 1.42 bits per heavy atom. The molecular formula is C14H18N4O. The SMILES string of the molecule is CN(C)CCc1c[nH]c2ccc(/C=N/NC=O)cc12. The van der Waals surface area contributed by atoms with Crippen molar-refractivity contribution in [2.45, 2.75) is 6.42 Å². The lowest BCUT2D eigenvalue weighted by Crippen LogP contribution is -2.14. The van der Waals surface area contributed by atoms with Crippen LogP contribution in [0.15, 0.2) is 29.5 Å². The van der Waals surface area contributed by atoms with Gasteiger partial charge in [0.05, 0.1) is 6.21 Å². The number of hydrogen-bond donors (Lipinski definition) is 2. The van der Waals surface area contributed by atoms with Crippen molar-refractivity contribution in [3.8, 4) is 0 Å². The maximum atomic E-state index is 10.1. The van der Waals surface area contributed by atoms with Crippen molar-refractivity contribution in [1.29, 1.82) is 0 Å². The number of H-pyrrole nitrogens is 1. The topological polar surface area (TPSA) is 60.5 Å². The second kappa shape index (κ2) is 6.15. The van der Waals surface area contributed by atoms with Gasteiger partial charge in [-0.1, -0.05) is 6.07 Å². The molecular weight excluding hydrogens is 240 g/mol. The first-order valence-electron chi connectivity index (χ1n) is 6.17. The minimum absolute atomic E-state index is 0.549. The number of aromatic amines is 1. The van der Waals surface area contributed by atoms with Gasteiger partial charge < -0.3 is 9.88 Å². The van der Waals surface area contributed by atoms with Crippen LogP contribution in [0, 0.1) is 0 Å². The van der Waals surface area contributed by atoms with Gasteiger partial charge in [-0.3, -0.25) is 4.79 Å². The lowest BCUT2D eigenvalue weighted by molar-refractivity contribution is -0.109. The summed E-state index contributed by atoms with van der Waals surface area (Å²) in [4.78, 5) is 15.6. The summed E-state index contributed by atoms with van der Waals surface area (Å²) in [5.74, 6) is 0. The Morgan fingerprint density at radius 3 is 3.00 bits per heavy atom. The van der Waals surface area contributed by atoms with Crippen molar-refractivity contribution in [3.63, 3.8) is 0 Å². The van der Waals surface area contributed by atoms with Gasteiger partial charge in [0, 0.05) is 23.6 Å². The van der Waals surface area contributed by atoms with E-state index < -0.39 is 0 Å². The molecule has 2 aromatic rings. The number of aromatic nitrogens is 1. The van der Waals surface area contributed by atoms with Gasteiger partial charge in [0.25, 0.3) is 0 Å². The molecule has 5 nitrogen and oxygen atoms in total. The third-order valence-electron chi connectivity index (χ3n) is 2.96. The van der Waals surface area contributed by atoms with E-state index in [4.69, 9.17) is 0 Å². The lowest BCUT2D eigenvalue weighted by atomic mass is 10.1. The number of nitrogens with zero attached hydrogens (tertiary/aromatic N) is 2. The fourth-order valence-electron chi connectivity index (χ4n) is 1.97. The normalized spacial score (nSPS) is 11.5. The second-order valence-corrected chi connectivity index (χ2v) is 4.68. The Morgan fingerprint density at radius 2 is 2.26 bits per heavy atom. The largest absolute Gasteiger partial charge is 0.361 e. The number of carbonyl (C=O) groups excluding carboxylic acids is 1. The van der Waals surface area contributed by atoms with Crippen molar-refractivity contribution in [2.24, 2.45) is 5.10 Å². The third-order valence-corrected chi connectivity index (χ3v) is 2.96. The minimum Gasteiger partial charge on any atom is -0.361 e. The van der Waals surface area contributed by atoms with E-state index in [0.29, 0.717) is 6.41 Å². The molecule has 2 rings (SSSR count). The number of carbonyl (C=O) groups is 1. The van der Waals surface area contributed by atoms with Gasteiger partial charge in [-0.15, -0.1) is 0 Å². The first kappa shape index (κ1) is 13.3. The minimum atomic E-state index is 0.549. The van der Waals surface area contributed by atoms with Crippen molar-refractivity contribution in [3.05, 3.63) is 35.5 Å². The predicted octanol–water partition coefficient (Wildman–Crippen LogP) is 1.35. The molecule has 19 heavy (non-hydrogen) atoms. The van der Waals surface area contributed by atoms with Crippen LogP contribution in [0.2, 0.25) is 0 Å². The van der Waals surface area contributed by atoms with Crippen molar-refractivity contribution >= 4 is 23.5 Å². The Kier molecular flexibility index (Phi) is 4.30. The van der Waals surface area contributed by atoms with Crippen LogP contribution in [0.25, 0.3) is 10.9 Å². The highest BCUT2D eigenvalue weighted by molar-refractivity contribution is 5.91. The van der Waals surface area contributed by atoms with Crippen LogP contribution in [0.4, 0.5) is 0 Å². The van der Waals surface area contributed by atoms with Gasteiger partial charge in [0.15, 0.2) is 0 Å². The van der Waals surface area contributed by atoms with Crippen LogP contribution in [0.1, 0.15) is 11.1 Å². The molecule has 0 aliphatic rings. The molecule has 1 aromatic heterocycles. The standard InChI is InChI=1S/C14H18N4O/c1-18(2)6-5-12-9-15-14-4-3-11(7-13(12)14)8-16-17-10-19/h3-4,7-10,15H,5-6H2,1-2H3,(H,17,19)/b16-8+. The monoisotopic (exact) mass is 258 g/mol.